The third-order valence-electron chi connectivity index (χ3n) is 4.20. The van der Waals surface area contributed by atoms with Gasteiger partial charge in [-0.3, -0.25) is 0 Å². The van der Waals surface area contributed by atoms with E-state index in [2.05, 4.69) is 0 Å². The third-order valence-corrected chi connectivity index (χ3v) is 4.45. The highest BCUT2D eigenvalue weighted by atomic mass is 35.5. The van der Waals surface area contributed by atoms with E-state index in [1.54, 1.807) is 56.3 Å². The van der Waals surface area contributed by atoms with Gasteiger partial charge in [-0.15, -0.1) is 0 Å². The average Bonchev–Trinajstić information content (AvgIpc) is 2.64. The summed E-state index contributed by atoms with van der Waals surface area (Å²) in [5.41, 5.74) is 1.98. The van der Waals surface area contributed by atoms with Crippen LogP contribution in [-0.4, -0.2) is 18.7 Å². The van der Waals surface area contributed by atoms with Crippen LogP contribution in [0.25, 0.3) is 22.1 Å². The summed E-state index contributed by atoms with van der Waals surface area (Å²) in [5, 5.41) is 1.32. The van der Waals surface area contributed by atoms with Crippen molar-refractivity contribution in [3.63, 3.8) is 0 Å². The van der Waals surface area contributed by atoms with E-state index in [1.807, 2.05) is 6.92 Å². The first kappa shape index (κ1) is 19.0. The van der Waals surface area contributed by atoms with Crippen molar-refractivity contribution in [1.82, 2.24) is 0 Å². The van der Waals surface area contributed by atoms with Gasteiger partial charge < -0.3 is 13.9 Å². The van der Waals surface area contributed by atoms with Gasteiger partial charge in [-0.25, -0.2) is 9.59 Å². The quantitative estimate of drug-likeness (QED) is 0.467. The monoisotopic (exact) mass is 386 g/mol. The molecule has 140 valence electrons. The Morgan fingerprint density at radius 3 is 2.56 bits per heavy atom. The van der Waals surface area contributed by atoms with Crippen LogP contribution in [0.5, 0.6) is 5.75 Å². The minimum Gasteiger partial charge on any atom is -0.479 e. The van der Waals surface area contributed by atoms with Crippen molar-refractivity contribution < 1.29 is 18.7 Å². The van der Waals surface area contributed by atoms with Crippen molar-refractivity contribution in [2.24, 2.45) is 0 Å². The number of carbonyl (C=O) groups excluding carboxylic acids is 1. The van der Waals surface area contributed by atoms with Crippen LogP contribution in [0.2, 0.25) is 5.02 Å². The molecule has 0 radical (unpaired) electrons. The molecule has 0 amide bonds. The van der Waals surface area contributed by atoms with E-state index >= 15 is 0 Å². The number of ether oxygens (including phenoxy) is 2. The Kier molecular flexibility index (Phi) is 5.51. The highest BCUT2D eigenvalue weighted by Crippen LogP contribution is 2.30. The number of aryl methyl sites for hydroxylation is 1. The van der Waals surface area contributed by atoms with Crippen molar-refractivity contribution in [3.05, 3.63) is 63.5 Å². The van der Waals surface area contributed by atoms with Crippen LogP contribution in [0.3, 0.4) is 0 Å². The molecule has 27 heavy (non-hydrogen) atoms. The highest BCUT2D eigenvalue weighted by molar-refractivity contribution is 6.30. The van der Waals surface area contributed by atoms with Gasteiger partial charge in [0, 0.05) is 10.4 Å². The normalized spacial score (nSPS) is 12.0. The standard InChI is InChI=1S/C21H19ClO5/c1-4-25-20(23)13(3)26-16-9-10-18-17(11-16)12(2)19(21(24)27-18)14-5-7-15(22)8-6-14/h5-11,13H,4H2,1-3H3/t13-/m1/s1. The Labute approximate surface area is 161 Å². The summed E-state index contributed by atoms with van der Waals surface area (Å²) in [4.78, 5) is 24.2. The Morgan fingerprint density at radius 2 is 1.89 bits per heavy atom. The van der Waals surface area contributed by atoms with E-state index in [9.17, 15) is 9.59 Å². The van der Waals surface area contributed by atoms with Gasteiger partial charge in [0.1, 0.15) is 11.3 Å². The average molecular weight is 387 g/mol. The van der Waals surface area contributed by atoms with Gasteiger partial charge in [0.05, 0.1) is 12.2 Å². The summed E-state index contributed by atoms with van der Waals surface area (Å²) in [6.07, 6.45) is -0.742. The van der Waals surface area contributed by atoms with Crippen molar-refractivity contribution >= 4 is 28.5 Å². The van der Waals surface area contributed by atoms with Crippen molar-refractivity contribution in [2.45, 2.75) is 26.9 Å². The number of halogens is 1. The predicted molar refractivity (Wildman–Crippen MR) is 104 cm³/mol. The fraction of sp³-hybridized carbons (Fsp3) is 0.238. The topological polar surface area (TPSA) is 65.7 Å². The van der Waals surface area contributed by atoms with Crippen LogP contribution in [0.1, 0.15) is 19.4 Å². The van der Waals surface area contributed by atoms with Crippen LogP contribution < -0.4 is 10.4 Å². The molecule has 0 N–H and O–H groups in total. The second-order valence-electron chi connectivity index (χ2n) is 6.07. The summed E-state index contributed by atoms with van der Waals surface area (Å²) in [7, 11) is 0. The summed E-state index contributed by atoms with van der Waals surface area (Å²) in [5.74, 6) is 0.0535. The van der Waals surface area contributed by atoms with E-state index in [-0.39, 0.29) is 0 Å². The Balaban J connectivity index is 2.04. The number of hydrogen-bond donors (Lipinski definition) is 0. The molecule has 3 rings (SSSR count). The maximum Gasteiger partial charge on any atom is 0.347 e. The number of hydrogen-bond acceptors (Lipinski definition) is 5. The van der Waals surface area contributed by atoms with Gasteiger partial charge in [-0.1, -0.05) is 23.7 Å². The number of esters is 1. The first-order valence-electron chi connectivity index (χ1n) is 8.57. The Morgan fingerprint density at radius 1 is 1.19 bits per heavy atom. The molecule has 0 saturated carbocycles. The molecule has 0 unspecified atom stereocenters. The minimum absolute atomic E-state index is 0.291. The van der Waals surface area contributed by atoms with E-state index in [4.69, 9.17) is 25.5 Å². The zero-order chi connectivity index (χ0) is 19.6. The van der Waals surface area contributed by atoms with Gasteiger partial charge in [0.15, 0.2) is 6.10 Å². The Bertz CT molecular complexity index is 1040. The van der Waals surface area contributed by atoms with Gasteiger partial charge >= 0.3 is 11.6 Å². The molecule has 0 bridgehead atoms. The zero-order valence-electron chi connectivity index (χ0n) is 15.2. The molecule has 2 aromatic carbocycles. The second-order valence-corrected chi connectivity index (χ2v) is 6.50. The lowest BCUT2D eigenvalue weighted by atomic mass is 9.99. The zero-order valence-corrected chi connectivity index (χ0v) is 16.0. The van der Waals surface area contributed by atoms with Crippen LogP contribution >= 0.6 is 11.6 Å². The summed E-state index contributed by atoms with van der Waals surface area (Å²) < 4.78 is 16.1. The van der Waals surface area contributed by atoms with Crippen molar-refractivity contribution in [2.75, 3.05) is 6.61 Å². The minimum atomic E-state index is -0.742. The van der Waals surface area contributed by atoms with Gasteiger partial charge in [0.25, 0.3) is 0 Å². The van der Waals surface area contributed by atoms with E-state index < -0.39 is 17.7 Å². The SMILES string of the molecule is CCOC(=O)[C@@H](C)Oc1ccc2oc(=O)c(-c3ccc(Cl)cc3)c(C)c2c1. The van der Waals surface area contributed by atoms with Crippen LogP contribution in [0.15, 0.2) is 51.7 Å². The first-order valence-corrected chi connectivity index (χ1v) is 8.95. The molecule has 6 heteroatoms. The van der Waals surface area contributed by atoms with E-state index in [0.29, 0.717) is 28.5 Å². The highest BCUT2D eigenvalue weighted by Gasteiger charge is 2.18. The molecular weight excluding hydrogens is 368 g/mol. The molecule has 0 aliphatic carbocycles. The number of benzene rings is 2. The van der Waals surface area contributed by atoms with Crippen molar-refractivity contribution in [1.29, 1.82) is 0 Å². The molecule has 5 nitrogen and oxygen atoms in total. The number of carbonyl (C=O) groups is 1. The van der Waals surface area contributed by atoms with Crippen LogP contribution in [0, 0.1) is 6.92 Å². The molecule has 0 aliphatic rings. The molecule has 1 atom stereocenters. The molecule has 3 aromatic rings. The number of fused-ring (bicyclic) bond motifs is 1. The van der Waals surface area contributed by atoms with Crippen LogP contribution in [-0.2, 0) is 9.53 Å². The third kappa shape index (κ3) is 3.98. The lowest BCUT2D eigenvalue weighted by molar-refractivity contribution is -0.150. The fourth-order valence-electron chi connectivity index (χ4n) is 2.87. The fourth-order valence-corrected chi connectivity index (χ4v) is 2.99. The number of rotatable bonds is 5. The molecular formula is C21H19ClO5. The van der Waals surface area contributed by atoms with Crippen molar-refractivity contribution in [3.8, 4) is 16.9 Å². The molecule has 1 aromatic heterocycles. The summed E-state index contributed by atoms with van der Waals surface area (Å²) in [6, 6.07) is 12.1. The molecule has 0 saturated heterocycles. The lowest BCUT2D eigenvalue weighted by Gasteiger charge is -2.14. The molecule has 1 heterocycles. The van der Waals surface area contributed by atoms with Crippen LogP contribution in [0.4, 0.5) is 0 Å². The molecule has 0 spiro atoms. The maximum absolute atomic E-state index is 12.5. The molecule has 0 aliphatic heterocycles. The summed E-state index contributed by atoms with van der Waals surface area (Å²) >= 11 is 5.94. The van der Waals surface area contributed by atoms with E-state index in [0.717, 1.165) is 16.5 Å². The lowest BCUT2D eigenvalue weighted by Crippen LogP contribution is -2.26. The van der Waals surface area contributed by atoms with E-state index in [1.165, 1.54) is 0 Å². The Hall–Kier alpha value is -2.79. The first-order chi connectivity index (χ1) is 12.9. The smallest absolute Gasteiger partial charge is 0.347 e. The van der Waals surface area contributed by atoms with Gasteiger partial charge in [0.2, 0.25) is 0 Å². The predicted octanol–water partition coefficient (Wildman–Crippen LogP) is 4.75. The largest absolute Gasteiger partial charge is 0.479 e. The second kappa shape index (κ2) is 7.84. The maximum atomic E-state index is 12.5. The van der Waals surface area contributed by atoms with Gasteiger partial charge in [-0.2, -0.15) is 0 Å². The van der Waals surface area contributed by atoms with Gasteiger partial charge in [-0.05, 0) is 62.2 Å². The molecule has 0 fully saturated rings. The summed E-state index contributed by atoms with van der Waals surface area (Å²) in [6.45, 7) is 5.50.